The van der Waals surface area contributed by atoms with Crippen LogP contribution in [0.15, 0.2) is 34.9 Å². The Morgan fingerprint density at radius 2 is 2.22 bits per heavy atom. The Bertz CT molecular complexity index is 539. The van der Waals surface area contributed by atoms with Gasteiger partial charge in [-0.15, -0.1) is 0 Å². The summed E-state index contributed by atoms with van der Waals surface area (Å²) in [5.74, 6) is 0. The number of hydrogen-bond donors (Lipinski definition) is 1. The topological polar surface area (TPSA) is 43.8 Å². The van der Waals surface area contributed by atoms with E-state index in [0.717, 1.165) is 22.9 Å². The van der Waals surface area contributed by atoms with Crippen molar-refractivity contribution in [2.75, 3.05) is 0 Å². The molecule has 0 aliphatic heterocycles. The SMILES string of the molecule is Cn1nccc1CCC(N)c1cc(Cl)ccc1Br. The molecule has 1 unspecified atom stereocenters. The number of aryl methyl sites for hydroxylation is 2. The van der Waals surface area contributed by atoms with E-state index in [1.165, 1.54) is 5.69 Å². The van der Waals surface area contributed by atoms with Gasteiger partial charge in [0.25, 0.3) is 0 Å². The molecular weight excluding hydrogens is 314 g/mol. The molecule has 1 aromatic heterocycles. The van der Waals surface area contributed by atoms with Crippen LogP contribution in [0.2, 0.25) is 5.02 Å². The largest absolute Gasteiger partial charge is 0.324 e. The quantitative estimate of drug-likeness (QED) is 0.934. The maximum absolute atomic E-state index is 6.21. The van der Waals surface area contributed by atoms with Crippen LogP contribution in [0.3, 0.4) is 0 Å². The van der Waals surface area contributed by atoms with Gasteiger partial charge in [-0.2, -0.15) is 5.10 Å². The molecule has 2 rings (SSSR count). The van der Waals surface area contributed by atoms with Crippen LogP contribution in [0.1, 0.15) is 23.7 Å². The van der Waals surface area contributed by atoms with Gasteiger partial charge in [-0.05, 0) is 42.7 Å². The molecule has 0 radical (unpaired) electrons. The summed E-state index contributed by atoms with van der Waals surface area (Å²) in [6.45, 7) is 0. The standard InChI is InChI=1S/C13H15BrClN3/c1-18-10(6-7-17-18)3-5-13(16)11-8-9(15)2-4-12(11)14/h2,4,6-8,13H,3,5,16H2,1H3. The molecule has 2 aromatic rings. The van der Waals surface area contributed by atoms with Crippen molar-refractivity contribution in [3.05, 3.63) is 51.2 Å². The van der Waals surface area contributed by atoms with E-state index in [0.29, 0.717) is 5.02 Å². The van der Waals surface area contributed by atoms with E-state index in [9.17, 15) is 0 Å². The molecule has 0 aliphatic carbocycles. The normalized spacial score (nSPS) is 12.7. The lowest BCUT2D eigenvalue weighted by Crippen LogP contribution is -2.13. The number of rotatable bonds is 4. The molecule has 0 saturated carbocycles. The summed E-state index contributed by atoms with van der Waals surface area (Å²) >= 11 is 9.50. The number of nitrogens with two attached hydrogens (primary N) is 1. The van der Waals surface area contributed by atoms with Gasteiger partial charge in [0.05, 0.1) is 0 Å². The summed E-state index contributed by atoms with van der Waals surface area (Å²) in [5, 5.41) is 4.86. The zero-order valence-electron chi connectivity index (χ0n) is 10.1. The fourth-order valence-corrected chi connectivity index (χ4v) is 2.63. The molecule has 18 heavy (non-hydrogen) atoms. The lowest BCUT2D eigenvalue weighted by Gasteiger charge is -2.14. The van der Waals surface area contributed by atoms with Gasteiger partial charge in [-0.25, -0.2) is 0 Å². The van der Waals surface area contributed by atoms with Gasteiger partial charge in [0.1, 0.15) is 0 Å². The van der Waals surface area contributed by atoms with Crippen molar-refractivity contribution >= 4 is 27.5 Å². The van der Waals surface area contributed by atoms with E-state index >= 15 is 0 Å². The Hall–Kier alpha value is -0.840. The van der Waals surface area contributed by atoms with Gasteiger partial charge in [-0.3, -0.25) is 4.68 Å². The fraction of sp³-hybridized carbons (Fsp3) is 0.308. The van der Waals surface area contributed by atoms with Gasteiger partial charge in [-0.1, -0.05) is 27.5 Å². The molecule has 96 valence electrons. The number of halogens is 2. The number of nitrogens with zero attached hydrogens (tertiary/aromatic N) is 2. The average Bonchev–Trinajstić information content (AvgIpc) is 2.75. The number of hydrogen-bond acceptors (Lipinski definition) is 2. The maximum Gasteiger partial charge on any atom is 0.0492 e. The van der Waals surface area contributed by atoms with Crippen molar-refractivity contribution in [2.45, 2.75) is 18.9 Å². The van der Waals surface area contributed by atoms with Gasteiger partial charge < -0.3 is 5.73 Å². The van der Waals surface area contributed by atoms with Gasteiger partial charge in [0.15, 0.2) is 0 Å². The second kappa shape index (κ2) is 5.87. The highest BCUT2D eigenvalue weighted by Gasteiger charge is 2.11. The summed E-state index contributed by atoms with van der Waals surface area (Å²) in [7, 11) is 1.94. The number of aromatic nitrogens is 2. The average molecular weight is 329 g/mol. The van der Waals surface area contributed by atoms with Crippen LogP contribution in [0.4, 0.5) is 0 Å². The third kappa shape index (κ3) is 3.13. The monoisotopic (exact) mass is 327 g/mol. The van der Waals surface area contributed by atoms with E-state index in [-0.39, 0.29) is 6.04 Å². The summed E-state index contributed by atoms with van der Waals surface area (Å²) in [5.41, 5.74) is 8.44. The highest BCUT2D eigenvalue weighted by molar-refractivity contribution is 9.10. The molecule has 1 aromatic carbocycles. The van der Waals surface area contributed by atoms with E-state index in [4.69, 9.17) is 17.3 Å². The molecule has 0 aliphatic rings. The zero-order chi connectivity index (χ0) is 13.1. The summed E-state index contributed by atoms with van der Waals surface area (Å²) in [6, 6.07) is 7.68. The van der Waals surface area contributed by atoms with Gasteiger partial charge >= 0.3 is 0 Å². The minimum absolute atomic E-state index is 0.0343. The molecule has 0 spiro atoms. The smallest absolute Gasteiger partial charge is 0.0492 e. The summed E-state index contributed by atoms with van der Waals surface area (Å²) in [6.07, 6.45) is 3.56. The summed E-state index contributed by atoms with van der Waals surface area (Å²) < 4.78 is 2.88. The lowest BCUT2D eigenvalue weighted by atomic mass is 10.0. The van der Waals surface area contributed by atoms with Crippen LogP contribution >= 0.6 is 27.5 Å². The predicted octanol–water partition coefficient (Wildman–Crippen LogP) is 3.47. The first kappa shape index (κ1) is 13.6. The highest BCUT2D eigenvalue weighted by atomic mass is 79.9. The molecule has 0 amide bonds. The molecular formula is C13H15BrClN3. The molecule has 0 saturated heterocycles. The van der Waals surface area contributed by atoms with E-state index in [1.54, 1.807) is 6.20 Å². The van der Waals surface area contributed by atoms with Crippen molar-refractivity contribution in [2.24, 2.45) is 12.8 Å². The van der Waals surface area contributed by atoms with Crippen LogP contribution in [-0.2, 0) is 13.5 Å². The minimum atomic E-state index is -0.0343. The van der Waals surface area contributed by atoms with Crippen LogP contribution in [0.25, 0.3) is 0 Å². The van der Waals surface area contributed by atoms with E-state index in [1.807, 2.05) is 36.0 Å². The highest BCUT2D eigenvalue weighted by Crippen LogP contribution is 2.27. The zero-order valence-corrected chi connectivity index (χ0v) is 12.4. The second-order valence-corrected chi connectivity index (χ2v) is 5.55. The van der Waals surface area contributed by atoms with Crippen molar-refractivity contribution in [3.63, 3.8) is 0 Å². The summed E-state index contributed by atoms with van der Waals surface area (Å²) in [4.78, 5) is 0. The Kier molecular flexibility index (Phi) is 4.43. The predicted molar refractivity (Wildman–Crippen MR) is 77.6 cm³/mol. The van der Waals surface area contributed by atoms with Gasteiger partial charge in [0.2, 0.25) is 0 Å². The van der Waals surface area contributed by atoms with E-state index < -0.39 is 0 Å². The molecule has 3 nitrogen and oxygen atoms in total. The Balaban J connectivity index is 2.06. The van der Waals surface area contributed by atoms with E-state index in [2.05, 4.69) is 21.0 Å². The lowest BCUT2D eigenvalue weighted by molar-refractivity contribution is 0.612. The van der Waals surface area contributed by atoms with Crippen LogP contribution in [-0.4, -0.2) is 9.78 Å². The van der Waals surface area contributed by atoms with Crippen LogP contribution in [0, 0.1) is 0 Å². The molecule has 0 fully saturated rings. The molecule has 5 heteroatoms. The Labute approximate surface area is 120 Å². The van der Waals surface area contributed by atoms with Crippen molar-refractivity contribution in [3.8, 4) is 0 Å². The van der Waals surface area contributed by atoms with Gasteiger partial charge in [0, 0.05) is 34.5 Å². The van der Waals surface area contributed by atoms with Crippen molar-refractivity contribution in [1.29, 1.82) is 0 Å². The maximum atomic E-state index is 6.21. The molecule has 1 heterocycles. The number of benzene rings is 1. The molecule has 2 N–H and O–H groups in total. The third-order valence-electron chi connectivity index (χ3n) is 2.99. The Morgan fingerprint density at radius 3 is 2.89 bits per heavy atom. The third-order valence-corrected chi connectivity index (χ3v) is 3.95. The van der Waals surface area contributed by atoms with Crippen LogP contribution in [0.5, 0.6) is 0 Å². The van der Waals surface area contributed by atoms with Crippen LogP contribution < -0.4 is 5.73 Å². The van der Waals surface area contributed by atoms with Crippen molar-refractivity contribution < 1.29 is 0 Å². The first-order valence-corrected chi connectivity index (χ1v) is 6.92. The first-order chi connectivity index (χ1) is 8.58. The van der Waals surface area contributed by atoms with Crippen molar-refractivity contribution in [1.82, 2.24) is 9.78 Å². The fourth-order valence-electron chi connectivity index (χ4n) is 1.90. The second-order valence-electron chi connectivity index (χ2n) is 4.26. The molecule has 1 atom stereocenters. The molecule has 0 bridgehead atoms. The Morgan fingerprint density at radius 1 is 1.44 bits per heavy atom. The first-order valence-electron chi connectivity index (χ1n) is 5.75. The minimum Gasteiger partial charge on any atom is -0.324 e.